The third kappa shape index (κ3) is 5.81. The summed E-state index contributed by atoms with van der Waals surface area (Å²) in [4.78, 5) is 52.0. The summed E-state index contributed by atoms with van der Waals surface area (Å²) in [7, 11) is -4.85. The number of ether oxygens (including phenoxy) is 3. The minimum Gasteiger partial charge on any atom is -0.477 e. The Morgan fingerprint density at radius 3 is 2.32 bits per heavy atom. The predicted molar refractivity (Wildman–Crippen MR) is 86.6 cm³/mol. The maximum absolute atomic E-state index is 11.5. The van der Waals surface area contributed by atoms with Crippen LogP contribution < -0.4 is 4.57 Å². The number of nitrogens with zero attached hydrogens (tertiary/aromatic N) is 1. The van der Waals surface area contributed by atoms with Gasteiger partial charge in [0, 0.05) is 19.9 Å². The van der Waals surface area contributed by atoms with Crippen LogP contribution in [0.15, 0.2) is 24.5 Å². The summed E-state index contributed by atoms with van der Waals surface area (Å²) in [6.45, 7) is 1.53. The second-order valence-corrected chi connectivity index (χ2v) is 7.08. The highest BCUT2D eigenvalue weighted by Crippen LogP contribution is 2.38. The molecule has 0 radical (unpaired) electrons. The van der Waals surface area contributed by atoms with Gasteiger partial charge in [-0.3, -0.25) is 14.1 Å². The molecule has 1 saturated heterocycles. The molecule has 2 unspecified atom stereocenters. The van der Waals surface area contributed by atoms with Crippen LogP contribution in [-0.4, -0.2) is 57.7 Å². The number of aromatic carboxylic acids is 1. The highest BCUT2D eigenvalue weighted by atomic mass is 31.2. The van der Waals surface area contributed by atoms with Crippen LogP contribution in [0.4, 0.5) is 0 Å². The van der Waals surface area contributed by atoms with Gasteiger partial charge in [-0.05, 0) is 6.07 Å². The number of carboxylic acid groups (broad SMARTS) is 1. The number of hydrogen-bond donors (Lipinski definition) is 3. The smallest absolute Gasteiger partial charge is 0.469 e. The van der Waals surface area contributed by atoms with Gasteiger partial charge in [0.05, 0.1) is 6.61 Å². The van der Waals surface area contributed by atoms with E-state index in [1.807, 2.05) is 0 Å². The van der Waals surface area contributed by atoms with Crippen LogP contribution in [0.1, 0.15) is 30.4 Å². The van der Waals surface area contributed by atoms with Gasteiger partial charge in [0.2, 0.25) is 6.10 Å². The normalized spacial score (nSPS) is 24.6. The number of rotatable bonds is 7. The monoisotopic (exact) mass is 420 g/mol. The van der Waals surface area contributed by atoms with Gasteiger partial charge >= 0.3 is 32.0 Å². The van der Waals surface area contributed by atoms with Crippen molar-refractivity contribution >= 4 is 25.7 Å². The van der Waals surface area contributed by atoms with E-state index in [1.165, 1.54) is 29.1 Å². The van der Waals surface area contributed by atoms with Crippen molar-refractivity contribution in [2.24, 2.45) is 0 Å². The van der Waals surface area contributed by atoms with E-state index in [9.17, 15) is 18.9 Å². The third-order valence-electron chi connectivity index (χ3n) is 3.66. The number of carbonyl (C=O) groups excluding carboxylic acids is 2. The van der Waals surface area contributed by atoms with Crippen molar-refractivity contribution in [3.8, 4) is 0 Å². The van der Waals surface area contributed by atoms with E-state index in [0.29, 0.717) is 0 Å². The Balaban J connectivity index is 2.39. The Morgan fingerprint density at radius 1 is 1.18 bits per heavy atom. The van der Waals surface area contributed by atoms with Crippen LogP contribution >= 0.6 is 7.82 Å². The highest BCUT2D eigenvalue weighted by Gasteiger charge is 2.54. The first-order valence-corrected chi connectivity index (χ1v) is 9.45. The van der Waals surface area contributed by atoms with E-state index < -0.39 is 56.9 Å². The first-order valence-electron chi connectivity index (χ1n) is 7.92. The van der Waals surface area contributed by atoms with Crippen molar-refractivity contribution in [2.75, 3.05) is 6.61 Å². The Labute approximate surface area is 158 Å². The standard InChI is InChI=1S/C15H18NO11P/c1-8(17)25-12-11(7-24-28(21,22)23)27-14(13(12)26-9(2)18)16-5-3-4-10(6-16)15(19)20/h3-6,11-14H,7H2,1-2H3,(H2-,19,20,21,22,23)/p+1/t11-,12?,13?,14-/m1/s1. The van der Waals surface area contributed by atoms with Gasteiger partial charge in [-0.2, -0.15) is 4.57 Å². The lowest BCUT2D eigenvalue weighted by Gasteiger charge is -2.21. The van der Waals surface area contributed by atoms with Crippen molar-refractivity contribution in [1.29, 1.82) is 0 Å². The summed E-state index contributed by atoms with van der Waals surface area (Å²) in [6, 6.07) is 2.74. The zero-order valence-corrected chi connectivity index (χ0v) is 15.7. The molecule has 13 heteroatoms. The fourth-order valence-corrected chi connectivity index (χ4v) is 3.02. The summed E-state index contributed by atoms with van der Waals surface area (Å²) >= 11 is 0. The summed E-state index contributed by atoms with van der Waals surface area (Å²) in [5.41, 5.74) is -0.0911. The van der Waals surface area contributed by atoms with Gasteiger partial charge in [-0.15, -0.1) is 0 Å². The van der Waals surface area contributed by atoms with Gasteiger partial charge in [-0.1, -0.05) is 0 Å². The fourth-order valence-electron chi connectivity index (χ4n) is 2.68. The Morgan fingerprint density at radius 2 is 1.79 bits per heavy atom. The van der Waals surface area contributed by atoms with E-state index in [4.69, 9.17) is 29.1 Å². The van der Waals surface area contributed by atoms with Crippen molar-refractivity contribution in [3.63, 3.8) is 0 Å². The van der Waals surface area contributed by atoms with E-state index >= 15 is 0 Å². The fraction of sp³-hybridized carbons (Fsp3) is 0.467. The molecule has 28 heavy (non-hydrogen) atoms. The van der Waals surface area contributed by atoms with Crippen molar-refractivity contribution in [2.45, 2.75) is 38.4 Å². The molecule has 1 aromatic rings. The molecule has 0 aromatic carbocycles. The van der Waals surface area contributed by atoms with Crippen molar-refractivity contribution in [1.82, 2.24) is 0 Å². The number of phosphoric ester groups is 1. The van der Waals surface area contributed by atoms with Crippen molar-refractivity contribution in [3.05, 3.63) is 30.1 Å². The Hall–Kier alpha value is -2.37. The van der Waals surface area contributed by atoms with E-state index in [2.05, 4.69) is 4.52 Å². The van der Waals surface area contributed by atoms with Gasteiger partial charge in [0.15, 0.2) is 18.5 Å². The maximum Gasteiger partial charge on any atom is 0.469 e. The van der Waals surface area contributed by atoms with E-state index in [1.54, 1.807) is 0 Å². The Kier molecular flexibility index (Phi) is 6.86. The highest BCUT2D eigenvalue weighted by molar-refractivity contribution is 7.46. The topological polar surface area (TPSA) is 170 Å². The molecule has 0 aliphatic carbocycles. The minimum atomic E-state index is -4.85. The molecular formula is C15H19NO11P+. The number of carboxylic acids is 1. The number of pyridine rings is 1. The lowest BCUT2D eigenvalue weighted by Crippen LogP contribution is -2.48. The van der Waals surface area contributed by atoms with E-state index in [-0.39, 0.29) is 5.56 Å². The molecule has 12 nitrogen and oxygen atoms in total. The number of aromatic nitrogens is 1. The number of esters is 2. The summed E-state index contributed by atoms with van der Waals surface area (Å²) in [6.07, 6.45) is -2.17. The lowest BCUT2D eigenvalue weighted by molar-refractivity contribution is -0.765. The zero-order valence-electron chi connectivity index (χ0n) is 14.8. The summed E-state index contributed by atoms with van der Waals surface area (Å²) in [5, 5.41) is 9.14. The summed E-state index contributed by atoms with van der Waals surface area (Å²) in [5.74, 6) is -2.70. The van der Waals surface area contributed by atoms with Gasteiger partial charge in [0.1, 0.15) is 11.7 Å². The molecule has 2 rings (SSSR count). The molecule has 1 aliphatic heterocycles. The van der Waals surface area contributed by atoms with Crippen LogP contribution in [0, 0.1) is 0 Å². The first-order chi connectivity index (χ1) is 13.0. The third-order valence-corrected chi connectivity index (χ3v) is 4.14. The lowest BCUT2D eigenvalue weighted by atomic mass is 10.1. The molecule has 0 spiro atoms. The quantitative estimate of drug-likeness (QED) is 0.296. The second kappa shape index (κ2) is 8.76. The van der Waals surface area contributed by atoms with Crippen LogP contribution in [0.2, 0.25) is 0 Å². The van der Waals surface area contributed by atoms with E-state index in [0.717, 1.165) is 13.8 Å². The first kappa shape index (κ1) is 21.9. The molecule has 0 bridgehead atoms. The molecular weight excluding hydrogens is 401 g/mol. The van der Waals surface area contributed by atoms with Gasteiger partial charge < -0.3 is 29.1 Å². The SMILES string of the molecule is CC(=O)OC1C(OC(C)=O)[C@@H](COP(=O)(O)O)O[C@H]1[n+]1cccc(C(=O)O)c1. The van der Waals surface area contributed by atoms with Crippen LogP contribution in [0.3, 0.4) is 0 Å². The zero-order chi connectivity index (χ0) is 21.1. The molecule has 2 heterocycles. The second-order valence-electron chi connectivity index (χ2n) is 5.84. The molecule has 3 N–H and O–H groups in total. The van der Waals surface area contributed by atoms with Gasteiger partial charge in [-0.25, -0.2) is 9.36 Å². The van der Waals surface area contributed by atoms with Crippen LogP contribution in [-0.2, 0) is 32.9 Å². The molecule has 154 valence electrons. The molecule has 1 fully saturated rings. The number of phosphoric acid groups is 1. The van der Waals surface area contributed by atoms with Crippen LogP contribution in [0.25, 0.3) is 0 Å². The maximum atomic E-state index is 11.5. The number of hydrogen-bond acceptors (Lipinski definition) is 8. The molecule has 1 aliphatic rings. The minimum absolute atomic E-state index is 0.0911. The number of carbonyl (C=O) groups is 3. The molecule has 0 saturated carbocycles. The average molecular weight is 420 g/mol. The molecule has 0 amide bonds. The largest absolute Gasteiger partial charge is 0.477 e. The van der Waals surface area contributed by atoms with Crippen LogP contribution in [0.5, 0.6) is 0 Å². The van der Waals surface area contributed by atoms with Crippen molar-refractivity contribution < 1.29 is 57.1 Å². The average Bonchev–Trinajstić information content (AvgIpc) is 2.89. The molecule has 1 aromatic heterocycles. The van der Waals surface area contributed by atoms with Gasteiger partial charge in [0.25, 0.3) is 0 Å². The molecule has 4 atom stereocenters. The Bertz CT molecular complexity index is 807. The summed E-state index contributed by atoms with van der Waals surface area (Å²) < 4.78 is 32.7. The predicted octanol–water partition coefficient (Wildman–Crippen LogP) is -0.458.